The van der Waals surface area contributed by atoms with Crippen LogP contribution >= 0.6 is 0 Å². The van der Waals surface area contributed by atoms with E-state index in [1.54, 1.807) is 6.08 Å². The summed E-state index contributed by atoms with van der Waals surface area (Å²) in [6.07, 6.45) is 11.2. The zero-order valence-corrected chi connectivity index (χ0v) is 6.03. The minimum Gasteiger partial charge on any atom is -0.480 e. The molecule has 0 atom stereocenters. The molecule has 0 aromatic rings. The van der Waals surface area contributed by atoms with Crippen molar-refractivity contribution in [2.24, 2.45) is 0 Å². The van der Waals surface area contributed by atoms with Crippen LogP contribution in [0.5, 0.6) is 0 Å². The lowest BCUT2D eigenvalue weighted by Gasteiger charge is -1.91. The van der Waals surface area contributed by atoms with Crippen molar-refractivity contribution in [3.8, 4) is 0 Å². The van der Waals surface area contributed by atoms with E-state index in [9.17, 15) is 4.79 Å². The summed E-state index contributed by atoms with van der Waals surface area (Å²) >= 11 is 0. The number of rotatable bonds is 2. The van der Waals surface area contributed by atoms with Crippen LogP contribution in [0.2, 0.25) is 0 Å². The Morgan fingerprint density at radius 2 is 2.45 bits per heavy atom. The predicted octanol–water partition coefficient (Wildman–Crippen LogP) is 1.72. The summed E-state index contributed by atoms with van der Waals surface area (Å²) < 4.78 is 0. The molecule has 2 heteroatoms. The number of carboxylic acid groups (broad SMARTS) is 1. The van der Waals surface area contributed by atoms with Gasteiger partial charge in [-0.3, -0.25) is 4.79 Å². The van der Waals surface area contributed by atoms with Crippen LogP contribution in [0.1, 0.15) is 6.42 Å². The monoisotopic (exact) mass is 149 g/mol. The third-order valence-corrected chi connectivity index (χ3v) is 1.31. The molecule has 0 aromatic carbocycles. The van der Waals surface area contributed by atoms with Crippen molar-refractivity contribution < 1.29 is 9.90 Å². The maximum absolute atomic E-state index is 10.1. The second-order valence-electron chi connectivity index (χ2n) is 2.21. The standard InChI is InChI=1S/C9H8O2/c10-9(11)7-6-8-4-2-1-3-5-8/h1-6H,7H2/p+1. The summed E-state index contributed by atoms with van der Waals surface area (Å²) in [5.41, 5.74) is 0.954. The molecule has 11 heavy (non-hydrogen) atoms. The van der Waals surface area contributed by atoms with Gasteiger partial charge in [0, 0.05) is 36.8 Å². The molecule has 1 N–H and O–H groups in total. The Hall–Kier alpha value is -1.44. The molecule has 2 nitrogen and oxygen atoms in total. The van der Waals surface area contributed by atoms with E-state index < -0.39 is 5.97 Å². The van der Waals surface area contributed by atoms with Crippen molar-refractivity contribution in [1.82, 2.24) is 0 Å². The van der Waals surface area contributed by atoms with Crippen molar-refractivity contribution in [3.05, 3.63) is 42.4 Å². The largest absolute Gasteiger partial charge is 0.480 e. The highest BCUT2D eigenvalue weighted by Gasteiger charge is 2.02. The molecule has 1 aliphatic rings. The molecular formula is C9H9O2+. The lowest BCUT2D eigenvalue weighted by molar-refractivity contribution is -0.136. The van der Waals surface area contributed by atoms with E-state index in [4.69, 9.17) is 5.11 Å². The van der Waals surface area contributed by atoms with E-state index in [2.05, 4.69) is 0 Å². The third kappa shape index (κ3) is 2.76. The number of carbonyl (C=O) groups is 1. The van der Waals surface area contributed by atoms with Crippen molar-refractivity contribution in [2.45, 2.75) is 6.42 Å². The Kier molecular flexibility index (Phi) is 2.55. The molecule has 0 saturated heterocycles. The van der Waals surface area contributed by atoms with Crippen LogP contribution in [-0.4, -0.2) is 11.1 Å². The molecule has 0 spiro atoms. The van der Waals surface area contributed by atoms with Gasteiger partial charge in [-0.15, -0.1) is 0 Å². The third-order valence-electron chi connectivity index (χ3n) is 1.31. The highest BCUT2D eigenvalue weighted by Crippen LogP contribution is 2.09. The van der Waals surface area contributed by atoms with Crippen molar-refractivity contribution in [3.63, 3.8) is 0 Å². The van der Waals surface area contributed by atoms with Gasteiger partial charge >= 0.3 is 5.97 Å². The minimum absolute atomic E-state index is 0.0873. The predicted molar refractivity (Wildman–Crippen MR) is 42.9 cm³/mol. The molecule has 0 saturated carbocycles. The fourth-order valence-electron chi connectivity index (χ4n) is 0.794. The lowest BCUT2D eigenvalue weighted by Crippen LogP contribution is -1.92. The number of allylic oxidation sites excluding steroid dienone is 5. The smallest absolute Gasteiger partial charge is 0.316 e. The Morgan fingerprint density at radius 3 is 3.00 bits per heavy atom. The van der Waals surface area contributed by atoms with Gasteiger partial charge in [0.2, 0.25) is 0 Å². The van der Waals surface area contributed by atoms with Crippen LogP contribution in [0.4, 0.5) is 0 Å². The molecule has 1 aliphatic carbocycles. The Labute approximate surface area is 65.5 Å². The summed E-state index contributed by atoms with van der Waals surface area (Å²) in [5.74, 6) is -0.797. The zero-order chi connectivity index (χ0) is 8.10. The zero-order valence-electron chi connectivity index (χ0n) is 6.03. The molecule has 0 aliphatic heterocycles. The van der Waals surface area contributed by atoms with Crippen LogP contribution in [0.15, 0.2) is 36.0 Å². The molecule has 0 unspecified atom stereocenters. The average molecular weight is 149 g/mol. The van der Waals surface area contributed by atoms with E-state index in [0.29, 0.717) is 0 Å². The topological polar surface area (TPSA) is 37.3 Å². The maximum atomic E-state index is 10.1. The first-order valence-corrected chi connectivity index (χ1v) is 3.39. The molecule has 0 bridgehead atoms. The molecular weight excluding hydrogens is 140 g/mol. The number of hydrogen-bond acceptors (Lipinski definition) is 1. The quantitative estimate of drug-likeness (QED) is 0.607. The second kappa shape index (κ2) is 3.66. The number of aliphatic carboxylic acids is 1. The van der Waals surface area contributed by atoms with Crippen LogP contribution in [-0.2, 0) is 4.79 Å². The van der Waals surface area contributed by atoms with E-state index in [1.807, 2.05) is 30.7 Å². The van der Waals surface area contributed by atoms with Gasteiger partial charge in [-0.1, -0.05) is 0 Å². The molecule has 1 rings (SSSR count). The molecule has 56 valence electrons. The fraction of sp³-hybridized carbons (Fsp3) is 0.111. The van der Waals surface area contributed by atoms with Gasteiger partial charge in [0.25, 0.3) is 0 Å². The first kappa shape index (κ1) is 7.66. The van der Waals surface area contributed by atoms with Gasteiger partial charge < -0.3 is 5.11 Å². The Morgan fingerprint density at radius 1 is 1.64 bits per heavy atom. The summed E-state index contributed by atoms with van der Waals surface area (Å²) in [6.45, 7) is 0. The van der Waals surface area contributed by atoms with Crippen molar-refractivity contribution in [2.75, 3.05) is 0 Å². The SMILES string of the molecule is O=C(O)CC=C1C=CC=C[CH+]1. The molecule has 0 heterocycles. The van der Waals surface area contributed by atoms with Gasteiger partial charge in [0.05, 0.1) is 12.0 Å². The van der Waals surface area contributed by atoms with Gasteiger partial charge in [-0.05, 0) is 0 Å². The fourth-order valence-corrected chi connectivity index (χ4v) is 0.794. The lowest BCUT2D eigenvalue weighted by atomic mass is 10.1. The highest BCUT2D eigenvalue weighted by atomic mass is 16.4. The molecule has 0 radical (unpaired) electrons. The number of hydrogen-bond donors (Lipinski definition) is 1. The summed E-state index contributed by atoms with van der Waals surface area (Å²) in [4.78, 5) is 10.1. The average Bonchev–Trinajstić information content (AvgIpc) is 2.03. The summed E-state index contributed by atoms with van der Waals surface area (Å²) in [6, 6.07) is 0. The Balaban J connectivity index is 2.47. The molecule has 0 aromatic heterocycles. The number of carboxylic acids is 1. The maximum Gasteiger partial charge on any atom is 0.316 e. The minimum atomic E-state index is -0.797. The molecule has 0 amide bonds. The van der Waals surface area contributed by atoms with E-state index in [1.165, 1.54) is 0 Å². The first-order chi connectivity index (χ1) is 5.29. The summed E-state index contributed by atoms with van der Waals surface area (Å²) in [5, 5.41) is 8.34. The van der Waals surface area contributed by atoms with Gasteiger partial charge in [0.15, 0.2) is 0 Å². The van der Waals surface area contributed by atoms with E-state index >= 15 is 0 Å². The van der Waals surface area contributed by atoms with Gasteiger partial charge in [-0.2, -0.15) is 0 Å². The highest BCUT2D eigenvalue weighted by molar-refractivity contribution is 5.69. The second-order valence-corrected chi connectivity index (χ2v) is 2.21. The van der Waals surface area contributed by atoms with Crippen LogP contribution in [0.25, 0.3) is 0 Å². The van der Waals surface area contributed by atoms with Crippen LogP contribution in [0.3, 0.4) is 0 Å². The Bertz CT molecular complexity index is 234. The van der Waals surface area contributed by atoms with Crippen molar-refractivity contribution in [1.29, 1.82) is 0 Å². The summed E-state index contributed by atoms with van der Waals surface area (Å²) in [7, 11) is 0. The van der Waals surface area contributed by atoms with Gasteiger partial charge in [0.1, 0.15) is 0 Å². The van der Waals surface area contributed by atoms with Crippen LogP contribution in [0, 0.1) is 6.42 Å². The first-order valence-electron chi connectivity index (χ1n) is 3.39. The normalized spacial score (nSPS) is 18.4. The van der Waals surface area contributed by atoms with E-state index in [0.717, 1.165) is 5.57 Å². The van der Waals surface area contributed by atoms with Crippen molar-refractivity contribution >= 4 is 5.97 Å². The van der Waals surface area contributed by atoms with Crippen LogP contribution < -0.4 is 0 Å². The van der Waals surface area contributed by atoms with Gasteiger partial charge in [-0.25, -0.2) is 0 Å². The van der Waals surface area contributed by atoms with E-state index in [-0.39, 0.29) is 6.42 Å². The molecule has 0 fully saturated rings.